The Balaban J connectivity index is 1.59. The van der Waals surface area contributed by atoms with Gasteiger partial charge in [-0.05, 0) is 71.5 Å². The second-order valence-electron chi connectivity index (χ2n) is 13.1. The fourth-order valence-corrected chi connectivity index (χ4v) is 19.1. The van der Waals surface area contributed by atoms with Gasteiger partial charge in [-0.15, -0.1) is 0 Å². The Morgan fingerprint density at radius 2 is 0.583 bits per heavy atom. The van der Waals surface area contributed by atoms with Crippen molar-refractivity contribution >= 4 is 52.9 Å². The van der Waals surface area contributed by atoms with Crippen LogP contribution in [0.1, 0.15) is 53.4 Å². The fraction of sp³-hybridized carbons (Fsp3) is 0.429. The Hall–Kier alpha value is -1.48. The van der Waals surface area contributed by atoms with Gasteiger partial charge in [-0.25, -0.2) is 0 Å². The Morgan fingerprint density at radius 1 is 0.375 bits per heavy atom. The summed E-state index contributed by atoms with van der Waals surface area (Å²) in [4.78, 5) is 5.96. The van der Waals surface area contributed by atoms with Crippen molar-refractivity contribution in [2.45, 2.75) is 65.5 Å². The van der Waals surface area contributed by atoms with Crippen molar-refractivity contribution in [1.29, 1.82) is 0 Å². The molecule has 0 N–H and O–H groups in total. The van der Waals surface area contributed by atoms with Crippen LogP contribution in [0.5, 0.6) is 0 Å². The normalized spacial score (nSPS) is 22.5. The molecule has 5 rings (SSSR count). The lowest BCUT2D eigenvalue weighted by Gasteiger charge is -2.40. The minimum atomic E-state index is -0.307. The van der Waals surface area contributed by atoms with Crippen LogP contribution in [0.2, 0.25) is 0 Å². The van der Waals surface area contributed by atoms with Crippen molar-refractivity contribution in [3.63, 3.8) is 0 Å². The first-order chi connectivity index (χ1) is 23.6. The quantitative estimate of drug-likeness (QED) is 0.151. The molecule has 1 fully saturated rings. The van der Waals surface area contributed by atoms with E-state index in [9.17, 15) is 0 Å². The summed E-state index contributed by atoms with van der Waals surface area (Å²) in [5.74, 6) is 0. The molecule has 0 spiro atoms. The van der Waals surface area contributed by atoms with Gasteiger partial charge in [-0.1, -0.05) is 181 Å². The van der Waals surface area contributed by atoms with Gasteiger partial charge in [0, 0.05) is 37.2 Å². The first kappa shape index (κ1) is 37.8. The van der Waals surface area contributed by atoms with Crippen LogP contribution < -0.4 is 21.2 Å². The van der Waals surface area contributed by atoms with E-state index in [1.807, 2.05) is 0 Å². The van der Waals surface area contributed by atoms with E-state index < -0.39 is 0 Å². The molecular weight excluding hydrogens is 656 g/mol. The molecule has 0 amide bonds. The molecule has 1 saturated heterocycles. The molecule has 0 unspecified atom stereocenters. The van der Waals surface area contributed by atoms with Crippen LogP contribution >= 0.6 is 31.7 Å². The Labute approximate surface area is 298 Å². The molecule has 256 valence electrons. The Kier molecular flexibility index (Phi) is 16.0. The molecule has 1 aliphatic rings. The number of benzene rings is 4. The molecule has 4 aromatic carbocycles. The molecule has 4 aromatic rings. The maximum absolute atomic E-state index is 2.98. The highest BCUT2D eigenvalue weighted by molar-refractivity contribution is 7.70. The van der Waals surface area contributed by atoms with Gasteiger partial charge in [-0.3, -0.25) is 9.80 Å². The third kappa shape index (κ3) is 10.8. The van der Waals surface area contributed by atoms with Crippen LogP contribution in [0.15, 0.2) is 121 Å². The second kappa shape index (κ2) is 20.4. The van der Waals surface area contributed by atoms with E-state index in [1.54, 1.807) is 21.2 Å². The maximum Gasteiger partial charge on any atom is 0.0231 e. The minimum absolute atomic E-state index is 0.307. The SMILES string of the molecule is CCC(CC)N1C[P@](c2ccccc2)CC[P@](c2ccccc2)CN(C(CC)CC)C[P@@](c2ccccc2)CC[P@@](c2ccccc2)C1. The summed E-state index contributed by atoms with van der Waals surface area (Å²) in [6, 6.07) is 47.8. The number of hydrogen-bond acceptors (Lipinski definition) is 2. The molecule has 0 radical (unpaired) electrons. The summed E-state index contributed by atoms with van der Waals surface area (Å²) in [6.45, 7) is 9.69. The van der Waals surface area contributed by atoms with Crippen molar-refractivity contribution in [1.82, 2.24) is 9.80 Å². The molecule has 1 heterocycles. The predicted octanol–water partition coefficient (Wildman–Crippen LogP) is 10.0. The lowest BCUT2D eigenvalue weighted by atomic mass is 10.1. The molecule has 0 saturated carbocycles. The van der Waals surface area contributed by atoms with Crippen LogP contribution in [0.4, 0.5) is 0 Å². The van der Waals surface area contributed by atoms with Gasteiger partial charge in [0.05, 0.1) is 0 Å². The molecule has 2 nitrogen and oxygen atoms in total. The number of hydrogen-bond donors (Lipinski definition) is 0. The van der Waals surface area contributed by atoms with Crippen molar-refractivity contribution in [2.24, 2.45) is 0 Å². The third-order valence-corrected chi connectivity index (χ3v) is 20.8. The van der Waals surface area contributed by atoms with Gasteiger partial charge in [-0.2, -0.15) is 0 Å². The van der Waals surface area contributed by atoms with Crippen LogP contribution in [-0.2, 0) is 0 Å². The van der Waals surface area contributed by atoms with Crippen LogP contribution in [0, 0.1) is 0 Å². The Bertz CT molecular complexity index is 1210. The van der Waals surface area contributed by atoms with Gasteiger partial charge < -0.3 is 0 Å². The molecule has 48 heavy (non-hydrogen) atoms. The van der Waals surface area contributed by atoms with Crippen LogP contribution in [0.3, 0.4) is 0 Å². The molecule has 1 aliphatic heterocycles. The highest BCUT2D eigenvalue weighted by Crippen LogP contribution is 2.49. The van der Waals surface area contributed by atoms with Crippen LogP contribution in [-0.4, -0.2) is 71.7 Å². The lowest BCUT2D eigenvalue weighted by Crippen LogP contribution is -2.39. The third-order valence-electron chi connectivity index (χ3n) is 10.1. The monoisotopic (exact) mass is 714 g/mol. The van der Waals surface area contributed by atoms with Crippen molar-refractivity contribution < 1.29 is 0 Å². The largest absolute Gasteiger partial charge is 0.292 e. The molecule has 0 aromatic heterocycles. The van der Waals surface area contributed by atoms with Crippen molar-refractivity contribution in [3.05, 3.63) is 121 Å². The average molecular weight is 715 g/mol. The number of nitrogens with zero attached hydrogens (tertiary/aromatic N) is 2. The summed E-state index contributed by atoms with van der Waals surface area (Å²) >= 11 is 0. The van der Waals surface area contributed by atoms with Gasteiger partial charge >= 0.3 is 0 Å². The molecule has 6 heteroatoms. The second-order valence-corrected chi connectivity index (χ2v) is 22.4. The zero-order chi connectivity index (χ0) is 33.6. The summed E-state index contributed by atoms with van der Waals surface area (Å²) in [5, 5.41) is 6.36. The van der Waals surface area contributed by atoms with E-state index in [0.717, 1.165) is 0 Å². The van der Waals surface area contributed by atoms with E-state index in [-0.39, 0.29) is 31.7 Å². The highest BCUT2D eigenvalue weighted by atomic mass is 31.1. The van der Waals surface area contributed by atoms with E-state index >= 15 is 0 Å². The highest BCUT2D eigenvalue weighted by Gasteiger charge is 2.30. The molecule has 0 aliphatic carbocycles. The van der Waals surface area contributed by atoms with Crippen molar-refractivity contribution in [3.8, 4) is 0 Å². The van der Waals surface area contributed by atoms with Crippen molar-refractivity contribution in [2.75, 3.05) is 49.8 Å². The summed E-state index contributed by atoms with van der Waals surface area (Å²) in [7, 11) is -1.23. The molecule has 0 bridgehead atoms. The first-order valence-corrected chi connectivity index (χ1v) is 25.2. The topological polar surface area (TPSA) is 6.48 Å². The van der Waals surface area contributed by atoms with Gasteiger partial charge in [0.2, 0.25) is 0 Å². The minimum Gasteiger partial charge on any atom is -0.292 e. The van der Waals surface area contributed by atoms with Crippen LogP contribution in [0.25, 0.3) is 0 Å². The van der Waals surface area contributed by atoms with Gasteiger partial charge in [0.25, 0.3) is 0 Å². The molecule has 4 atom stereocenters. The zero-order valence-corrected chi connectivity index (χ0v) is 33.4. The van der Waals surface area contributed by atoms with E-state index in [2.05, 4.69) is 159 Å². The average Bonchev–Trinajstić information content (AvgIpc) is 3.15. The first-order valence-electron chi connectivity index (χ1n) is 18.3. The van der Waals surface area contributed by atoms with E-state index in [4.69, 9.17) is 0 Å². The van der Waals surface area contributed by atoms with E-state index in [0.29, 0.717) is 12.1 Å². The number of rotatable bonds is 10. The van der Waals surface area contributed by atoms with Gasteiger partial charge in [0.15, 0.2) is 0 Å². The summed E-state index contributed by atoms with van der Waals surface area (Å²) < 4.78 is 0. The smallest absolute Gasteiger partial charge is 0.0231 e. The molecular formula is C42H58N2P4. The predicted molar refractivity (Wildman–Crippen MR) is 223 cm³/mol. The standard InChI is InChI=1S/C42H58N2P4/c1-5-37(6-2)43-33-45(39-21-13-9-14-22-39)29-31-47(41-25-17-11-18-26-41)35-44(38(7-3)8-4)36-48(42-27-19-12-20-28-42)32-30-46(34-43)40-23-15-10-16-24-40/h9-28,37-38H,5-8,29-36H2,1-4H3/t45-,46-,47+,48+. The fourth-order valence-electron chi connectivity index (χ4n) is 7.20. The maximum atomic E-state index is 2.98. The van der Waals surface area contributed by atoms with E-state index in [1.165, 1.54) is 75.5 Å². The lowest BCUT2D eigenvalue weighted by molar-refractivity contribution is 0.252. The summed E-state index contributed by atoms with van der Waals surface area (Å²) in [6.07, 6.45) is 15.0. The summed E-state index contributed by atoms with van der Waals surface area (Å²) in [5.41, 5.74) is 0. The Morgan fingerprint density at radius 3 is 0.771 bits per heavy atom. The van der Waals surface area contributed by atoms with Gasteiger partial charge in [0.1, 0.15) is 0 Å². The zero-order valence-electron chi connectivity index (χ0n) is 29.9.